The Morgan fingerprint density at radius 1 is 1.30 bits per heavy atom. The lowest BCUT2D eigenvalue weighted by molar-refractivity contribution is -0.130. The highest BCUT2D eigenvalue weighted by atomic mass is 16.4. The van der Waals surface area contributed by atoms with Crippen molar-refractivity contribution in [3.05, 3.63) is 23.8 Å². The quantitative estimate of drug-likeness (QED) is 0.741. The fourth-order valence-corrected chi connectivity index (χ4v) is 1.95. The Morgan fingerprint density at radius 3 is 2.65 bits per heavy atom. The molecule has 2 N–H and O–H groups in total. The fraction of sp³-hybridized carbons (Fsp3) is 0.167. The van der Waals surface area contributed by atoms with Crippen LogP contribution in [0.1, 0.15) is 10.4 Å². The Labute approximate surface area is 112 Å². The molecule has 1 aliphatic heterocycles. The number of imide groups is 1. The molecule has 0 bridgehead atoms. The number of anilines is 1. The number of hydrogen-bond donors (Lipinski definition) is 2. The molecule has 2 heterocycles. The number of carbonyl (C=O) groups is 3. The number of benzene rings is 1. The average Bonchev–Trinajstić information content (AvgIpc) is 2.80. The van der Waals surface area contributed by atoms with E-state index in [2.05, 4.69) is 10.3 Å². The number of aromatic nitrogens is 1. The van der Waals surface area contributed by atoms with Crippen LogP contribution in [0.4, 0.5) is 6.01 Å². The third-order valence-electron chi connectivity index (χ3n) is 2.84. The van der Waals surface area contributed by atoms with Crippen LogP contribution in [0.15, 0.2) is 22.6 Å². The number of amides is 2. The van der Waals surface area contributed by atoms with Gasteiger partial charge in [0.2, 0.25) is 11.8 Å². The van der Waals surface area contributed by atoms with Gasteiger partial charge >= 0.3 is 5.97 Å². The van der Waals surface area contributed by atoms with Gasteiger partial charge in [-0.25, -0.2) is 4.79 Å². The van der Waals surface area contributed by atoms with Crippen LogP contribution < -0.4 is 10.2 Å². The summed E-state index contributed by atoms with van der Waals surface area (Å²) < 4.78 is 5.41. The van der Waals surface area contributed by atoms with Gasteiger partial charge in [-0.15, -0.1) is 0 Å². The average molecular weight is 275 g/mol. The van der Waals surface area contributed by atoms with E-state index in [0.717, 1.165) is 0 Å². The van der Waals surface area contributed by atoms with Crippen molar-refractivity contribution in [1.82, 2.24) is 10.3 Å². The van der Waals surface area contributed by atoms with Crippen LogP contribution in [0.5, 0.6) is 0 Å². The third kappa shape index (κ3) is 2.07. The summed E-state index contributed by atoms with van der Waals surface area (Å²) in [6.45, 7) is -0.0747. The Balaban J connectivity index is 1.98. The van der Waals surface area contributed by atoms with Crippen molar-refractivity contribution < 1.29 is 23.9 Å². The molecule has 1 aromatic heterocycles. The molecule has 102 valence electrons. The second kappa shape index (κ2) is 4.34. The van der Waals surface area contributed by atoms with Gasteiger partial charge in [-0.1, -0.05) is 0 Å². The lowest BCUT2D eigenvalue weighted by atomic mass is 10.2. The van der Waals surface area contributed by atoms with E-state index in [4.69, 9.17) is 9.52 Å². The van der Waals surface area contributed by atoms with Gasteiger partial charge in [0, 0.05) is 0 Å². The number of rotatable bonds is 2. The van der Waals surface area contributed by atoms with Crippen molar-refractivity contribution in [2.24, 2.45) is 0 Å². The lowest BCUT2D eigenvalue weighted by Gasteiger charge is -2.23. The highest BCUT2D eigenvalue weighted by Crippen LogP contribution is 2.23. The first-order valence-electron chi connectivity index (χ1n) is 5.74. The Morgan fingerprint density at radius 2 is 2.00 bits per heavy atom. The molecule has 8 heteroatoms. The summed E-state index contributed by atoms with van der Waals surface area (Å²) in [4.78, 5) is 39.0. The van der Waals surface area contributed by atoms with E-state index in [1.165, 1.54) is 23.1 Å². The SMILES string of the molecule is O=C1CN(c2nc3ccc(C(=O)O)cc3o2)CC(=O)N1. The van der Waals surface area contributed by atoms with Crippen LogP contribution in [-0.2, 0) is 9.59 Å². The topological polar surface area (TPSA) is 113 Å². The van der Waals surface area contributed by atoms with Crippen molar-refractivity contribution in [1.29, 1.82) is 0 Å². The van der Waals surface area contributed by atoms with E-state index in [9.17, 15) is 14.4 Å². The lowest BCUT2D eigenvalue weighted by Crippen LogP contribution is -2.51. The van der Waals surface area contributed by atoms with E-state index in [0.29, 0.717) is 11.1 Å². The van der Waals surface area contributed by atoms with Gasteiger partial charge in [0.05, 0.1) is 5.56 Å². The molecule has 2 aromatic rings. The highest BCUT2D eigenvalue weighted by Gasteiger charge is 2.26. The van der Waals surface area contributed by atoms with Gasteiger partial charge in [-0.05, 0) is 18.2 Å². The molecule has 1 aromatic carbocycles. The minimum absolute atomic E-state index is 0.0374. The predicted molar refractivity (Wildman–Crippen MR) is 66.3 cm³/mol. The zero-order chi connectivity index (χ0) is 14.3. The van der Waals surface area contributed by atoms with E-state index in [-0.39, 0.29) is 24.7 Å². The molecule has 8 nitrogen and oxygen atoms in total. The van der Waals surface area contributed by atoms with Crippen molar-refractivity contribution in [3.63, 3.8) is 0 Å². The first kappa shape index (κ1) is 12.2. The number of piperazine rings is 1. The smallest absolute Gasteiger partial charge is 0.335 e. The van der Waals surface area contributed by atoms with Crippen LogP contribution in [0.2, 0.25) is 0 Å². The van der Waals surface area contributed by atoms with Crippen LogP contribution in [0.3, 0.4) is 0 Å². The van der Waals surface area contributed by atoms with Gasteiger partial charge in [-0.2, -0.15) is 4.98 Å². The molecule has 0 unspecified atom stereocenters. The molecular formula is C12H9N3O5. The molecule has 1 fully saturated rings. The number of hydrogen-bond acceptors (Lipinski definition) is 6. The molecule has 0 spiro atoms. The van der Waals surface area contributed by atoms with Gasteiger partial charge < -0.3 is 14.4 Å². The second-order valence-corrected chi connectivity index (χ2v) is 4.31. The van der Waals surface area contributed by atoms with Gasteiger partial charge in [0.1, 0.15) is 18.6 Å². The highest BCUT2D eigenvalue weighted by molar-refractivity contribution is 6.02. The molecule has 3 rings (SSSR count). The van der Waals surface area contributed by atoms with Crippen molar-refractivity contribution in [3.8, 4) is 0 Å². The molecule has 1 saturated heterocycles. The number of nitrogens with zero attached hydrogens (tertiary/aromatic N) is 2. The number of carboxylic acid groups (broad SMARTS) is 1. The van der Waals surface area contributed by atoms with Crippen molar-refractivity contribution in [2.75, 3.05) is 18.0 Å². The summed E-state index contributed by atoms with van der Waals surface area (Å²) in [5.41, 5.74) is 0.828. The zero-order valence-electron chi connectivity index (χ0n) is 10.1. The predicted octanol–water partition coefficient (Wildman–Crippen LogP) is -0.0112. The molecule has 1 aliphatic rings. The summed E-state index contributed by atoms with van der Waals surface area (Å²) in [6.07, 6.45) is 0. The number of carbonyl (C=O) groups excluding carboxylic acids is 2. The minimum atomic E-state index is -1.07. The maximum atomic E-state index is 11.3. The van der Waals surface area contributed by atoms with Crippen LogP contribution in [0.25, 0.3) is 11.1 Å². The van der Waals surface area contributed by atoms with Crippen molar-refractivity contribution in [2.45, 2.75) is 0 Å². The molecule has 0 atom stereocenters. The minimum Gasteiger partial charge on any atom is -0.478 e. The Hall–Kier alpha value is -2.90. The second-order valence-electron chi connectivity index (χ2n) is 4.31. The molecular weight excluding hydrogens is 266 g/mol. The number of fused-ring (bicyclic) bond motifs is 1. The monoisotopic (exact) mass is 275 g/mol. The van der Waals surface area contributed by atoms with Gasteiger partial charge in [0.25, 0.3) is 6.01 Å². The van der Waals surface area contributed by atoms with Gasteiger partial charge in [-0.3, -0.25) is 14.9 Å². The summed E-state index contributed by atoms with van der Waals surface area (Å²) in [5, 5.41) is 11.1. The summed E-state index contributed by atoms with van der Waals surface area (Å²) >= 11 is 0. The van der Waals surface area contributed by atoms with Crippen LogP contribution in [-0.4, -0.2) is 41.0 Å². The fourth-order valence-electron chi connectivity index (χ4n) is 1.95. The van der Waals surface area contributed by atoms with Crippen LogP contribution in [0, 0.1) is 0 Å². The number of aromatic carboxylic acids is 1. The van der Waals surface area contributed by atoms with E-state index >= 15 is 0 Å². The normalized spacial score (nSPS) is 15.5. The Bertz CT molecular complexity index is 720. The summed E-state index contributed by atoms with van der Waals surface area (Å²) in [6, 6.07) is 4.38. The zero-order valence-corrected chi connectivity index (χ0v) is 10.1. The summed E-state index contributed by atoms with van der Waals surface area (Å²) in [5.74, 6) is -1.94. The maximum Gasteiger partial charge on any atom is 0.335 e. The first-order chi connectivity index (χ1) is 9.52. The standard InChI is InChI=1S/C12H9N3O5/c16-9-4-15(5-10(17)14-9)12-13-7-2-1-6(11(18)19)3-8(7)20-12/h1-3H,4-5H2,(H,18,19)(H,14,16,17). The molecule has 0 saturated carbocycles. The van der Waals surface area contributed by atoms with Gasteiger partial charge in [0.15, 0.2) is 5.58 Å². The number of carboxylic acids is 1. The molecule has 0 aliphatic carbocycles. The van der Waals surface area contributed by atoms with E-state index in [1.54, 1.807) is 0 Å². The molecule has 0 radical (unpaired) electrons. The first-order valence-corrected chi connectivity index (χ1v) is 5.74. The largest absolute Gasteiger partial charge is 0.478 e. The number of oxazole rings is 1. The van der Waals surface area contributed by atoms with E-state index in [1.807, 2.05) is 0 Å². The van der Waals surface area contributed by atoms with Crippen LogP contribution >= 0.6 is 0 Å². The third-order valence-corrected chi connectivity index (χ3v) is 2.84. The Kier molecular flexibility index (Phi) is 2.63. The van der Waals surface area contributed by atoms with Crippen molar-refractivity contribution >= 4 is 34.9 Å². The molecule has 20 heavy (non-hydrogen) atoms. The summed E-state index contributed by atoms with van der Waals surface area (Å²) in [7, 11) is 0. The molecule has 2 amide bonds. The van der Waals surface area contributed by atoms with E-state index < -0.39 is 17.8 Å². The number of nitrogens with one attached hydrogen (secondary N) is 1. The maximum absolute atomic E-state index is 11.3.